The number of benzene rings is 2. The third-order valence-corrected chi connectivity index (χ3v) is 5.51. The monoisotopic (exact) mass is 498 g/mol. The molecule has 5 N–H and O–H groups in total. The molecule has 0 unspecified atom stereocenters. The van der Waals surface area contributed by atoms with Crippen molar-refractivity contribution in [2.45, 2.75) is 24.5 Å². The minimum absolute atomic E-state index is 0.0573. The largest absolute Gasteiger partial charge is 0.791 e. The first-order chi connectivity index (χ1) is 17.1. The third-order valence-electron chi connectivity index (χ3n) is 5.51. The van der Waals surface area contributed by atoms with Crippen molar-refractivity contribution in [1.29, 1.82) is 0 Å². The Morgan fingerprint density at radius 1 is 1.11 bits per heavy atom. The van der Waals surface area contributed by atoms with Crippen LogP contribution in [-0.2, 0) is 19.2 Å². The van der Waals surface area contributed by atoms with Crippen molar-refractivity contribution in [3.63, 3.8) is 0 Å². The molecule has 36 heavy (non-hydrogen) atoms. The molecule has 0 saturated carbocycles. The first-order valence-electron chi connectivity index (χ1n) is 10.7. The number of likely N-dealkylation sites (tertiary alicyclic amines) is 1. The van der Waals surface area contributed by atoms with Gasteiger partial charge in [0.25, 0.3) is 5.91 Å². The quantitative estimate of drug-likeness (QED) is 0.159. The van der Waals surface area contributed by atoms with Crippen molar-refractivity contribution < 1.29 is 45.0 Å². The van der Waals surface area contributed by atoms with Crippen LogP contribution in [0, 0.1) is 5.21 Å². The van der Waals surface area contributed by atoms with Crippen molar-refractivity contribution in [3.8, 4) is 11.5 Å². The van der Waals surface area contributed by atoms with Crippen LogP contribution in [0.2, 0.25) is 0 Å². The molecule has 1 fully saturated rings. The Labute approximate surface area is 204 Å². The number of quaternary nitrogens is 1. The Balaban J connectivity index is 1.59. The van der Waals surface area contributed by atoms with Gasteiger partial charge in [0.05, 0.1) is 31.1 Å². The number of carboxylic acid groups (broad SMARTS) is 2. The normalized spacial score (nSPS) is 17.0. The van der Waals surface area contributed by atoms with E-state index in [0.717, 1.165) is 4.90 Å². The Kier molecular flexibility index (Phi) is 8.07. The topological polar surface area (TPSA) is 222 Å². The summed E-state index contributed by atoms with van der Waals surface area (Å²) in [5, 5.41) is 48.1. The molecule has 1 saturated heterocycles. The van der Waals surface area contributed by atoms with E-state index in [1.54, 1.807) is 0 Å². The van der Waals surface area contributed by atoms with E-state index in [-0.39, 0.29) is 36.4 Å². The predicted octanol–water partition coefficient (Wildman–Crippen LogP) is -3.37. The molecular formula is C23H22N4O9-2. The van der Waals surface area contributed by atoms with E-state index in [9.17, 15) is 39.7 Å². The number of phenolic OH excluding ortho intramolecular Hbond substituents is 1. The molecule has 190 valence electrons. The number of hydrogen-bond donors (Lipinski definition) is 3. The van der Waals surface area contributed by atoms with Gasteiger partial charge in [0, 0.05) is 12.0 Å². The molecule has 3 rings (SSSR count). The van der Waals surface area contributed by atoms with Crippen molar-refractivity contribution in [2.24, 2.45) is 5.16 Å². The number of phenols is 1. The average molecular weight is 498 g/mol. The number of rotatable bonds is 11. The minimum Gasteiger partial charge on any atom is -0.791 e. The molecule has 1 aliphatic heterocycles. The van der Waals surface area contributed by atoms with Gasteiger partial charge in [0.1, 0.15) is 29.3 Å². The Bertz CT molecular complexity index is 1170. The third kappa shape index (κ3) is 5.88. The van der Waals surface area contributed by atoms with Crippen molar-refractivity contribution in [2.75, 3.05) is 13.2 Å². The van der Waals surface area contributed by atoms with Gasteiger partial charge in [-0.1, -0.05) is 12.1 Å². The predicted molar refractivity (Wildman–Crippen MR) is 118 cm³/mol. The number of carbonyl (C=O) groups excluding carboxylic acids is 4. The summed E-state index contributed by atoms with van der Waals surface area (Å²) in [5.41, 5.74) is 3.26. The fourth-order valence-electron chi connectivity index (χ4n) is 3.49. The second-order valence-electron chi connectivity index (χ2n) is 7.95. The highest BCUT2D eigenvalue weighted by atomic mass is 16.5. The molecule has 0 spiro atoms. The second-order valence-corrected chi connectivity index (χ2v) is 7.95. The minimum atomic E-state index is -1.53. The van der Waals surface area contributed by atoms with Gasteiger partial charge >= 0.3 is 0 Å². The number of nitrogens with one attached hydrogen (secondary N) is 1. The molecule has 2 aromatic rings. The van der Waals surface area contributed by atoms with Gasteiger partial charge in [-0.15, -0.1) is 0 Å². The molecule has 0 aromatic heterocycles. The first-order valence-corrected chi connectivity index (χ1v) is 10.7. The standard InChI is InChI=1S/C23H24N4O9/c24-16(22(31)32)9-10-36-15-7-3-12(4-8-15)18(26-35)20(29)25-17-11-27(21(17)30)19(23(33)34)13-1-5-14(28)6-2-13/h1-8,16-17,19,28,35H,9-11,24H2,(H,25,29)(H,31,32)(H,33,34)/p-2/b26-18-/t16-,17+,19-/m1/s1. The molecule has 2 aromatic carbocycles. The maximum absolute atomic E-state index is 12.6. The van der Waals surface area contributed by atoms with Crippen molar-refractivity contribution in [3.05, 3.63) is 64.9 Å². The van der Waals surface area contributed by atoms with E-state index in [2.05, 4.69) is 16.2 Å². The number of amides is 2. The zero-order chi connectivity index (χ0) is 26.4. The van der Waals surface area contributed by atoms with Crippen LogP contribution in [0.1, 0.15) is 23.6 Å². The maximum atomic E-state index is 12.6. The summed E-state index contributed by atoms with van der Waals surface area (Å²) in [7, 11) is 0. The molecule has 3 atom stereocenters. The highest BCUT2D eigenvalue weighted by Gasteiger charge is 2.43. The number of carboxylic acids is 2. The smallest absolute Gasteiger partial charge is 0.270 e. The fraction of sp³-hybridized carbons (Fsp3) is 0.261. The maximum Gasteiger partial charge on any atom is 0.270 e. The molecule has 13 nitrogen and oxygen atoms in total. The second kappa shape index (κ2) is 11.2. The molecule has 0 radical (unpaired) electrons. The fourth-order valence-corrected chi connectivity index (χ4v) is 3.49. The Morgan fingerprint density at radius 2 is 1.75 bits per heavy atom. The van der Waals surface area contributed by atoms with Crippen LogP contribution in [0.4, 0.5) is 0 Å². The highest BCUT2D eigenvalue weighted by molar-refractivity contribution is 6.45. The van der Waals surface area contributed by atoms with E-state index in [4.69, 9.17) is 4.74 Å². The summed E-state index contributed by atoms with van der Waals surface area (Å²) in [6, 6.07) is 7.47. The molecule has 0 bridgehead atoms. The molecule has 1 aliphatic rings. The van der Waals surface area contributed by atoms with Crippen LogP contribution in [0.25, 0.3) is 0 Å². The van der Waals surface area contributed by atoms with Gasteiger partial charge in [-0.05, 0) is 42.0 Å². The SMILES string of the molecule is [NH3+][C@H](CCOc1ccc(/C(=N/[O-])C(=O)N[C@H]2CN([C@@H](C(=O)[O-])c3ccc(O)cc3)C2=O)cc1)C(=O)[O-]. The van der Waals surface area contributed by atoms with E-state index in [1.807, 2.05) is 0 Å². The number of β-lactam (4-membered cyclic amide) rings is 1. The van der Waals surface area contributed by atoms with Crippen LogP contribution in [0.5, 0.6) is 11.5 Å². The van der Waals surface area contributed by atoms with Crippen LogP contribution in [0.15, 0.2) is 53.7 Å². The molecule has 0 aliphatic carbocycles. The lowest BCUT2D eigenvalue weighted by Gasteiger charge is -2.44. The first kappa shape index (κ1) is 26.0. The van der Waals surface area contributed by atoms with E-state index in [0.29, 0.717) is 5.75 Å². The lowest BCUT2D eigenvalue weighted by atomic mass is 9.97. The van der Waals surface area contributed by atoms with E-state index in [1.165, 1.54) is 48.5 Å². The van der Waals surface area contributed by atoms with Crippen molar-refractivity contribution >= 4 is 29.5 Å². The summed E-state index contributed by atoms with van der Waals surface area (Å²) in [6.45, 7) is -0.0933. The summed E-state index contributed by atoms with van der Waals surface area (Å²) in [6.07, 6.45) is 0.123. The molecule has 2 amide bonds. The number of carbonyl (C=O) groups is 4. The van der Waals surface area contributed by atoms with E-state index < -0.39 is 47.6 Å². The highest BCUT2D eigenvalue weighted by Crippen LogP contribution is 2.28. The molecular weight excluding hydrogens is 476 g/mol. The zero-order valence-corrected chi connectivity index (χ0v) is 18.8. The van der Waals surface area contributed by atoms with Crippen LogP contribution in [0.3, 0.4) is 0 Å². The molecule has 13 heteroatoms. The summed E-state index contributed by atoms with van der Waals surface area (Å²) in [5.74, 6) is -4.18. The average Bonchev–Trinajstić information content (AvgIpc) is 2.85. The van der Waals surface area contributed by atoms with Gasteiger partial charge < -0.3 is 56.0 Å². The van der Waals surface area contributed by atoms with Crippen LogP contribution in [-0.4, -0.2) is 64.7 Å². The summed E-state index contributed by atoms with van der Waals surface area (Å²) >= 11 is 0. The molecule has 1 heterocycles. The van der Waals surface area contributed by atoms with Crippen molar-refractivity contribution in [1.82, 2.24) is 10.2 Å². The lowest BCUT2D eigenvalue weighted by molar-refractivity contribution is -0.438. The Hall–Kier alpha value is -4.65. The number of aliphatic carboxylic acids is 2. The van der Waals surface area contributed by atoms with Gasteiger partial charge in [-0.25, -0.2) is 0 Å². The number of ether oxygens (including phenoxy) is 1. The zero-order valence-electron chi connectivity index (χ0n) is 18.8. The number of hydrogen-bond acceptors (Lipinski definition) is 10. The van der Waals surface area contributed by atoms with Crippen LogP contribution >= 0.6 is 0 Å². The number of aromatic hydroxyl groups is 1. The summed E-state index contributed by atoms with van der Waals surface area (Å²) < 4.78 is 5.39. The van der Waals surface area contributed by atoms with Gasteiger partial charge in [-0.3, -0.25) is 9.59 Å². The van der Waals surface area contributed by atoms with E-state index >= 15 is 0 Å². The number of nitrogens with zero attached hydrogens (tertiary/aromatic N) is 2. The lowest BCUT2D eigenvalue weighted by Crippen LogP contribution is -2.68. The van der Waals surface area contributed by atoms with Gasteiger partial charge in [0.15, 0.2) is 0 Å². The summed E-state index contributed by atoms with van der Waals surface area (Å²) in [4.78, 5) is 48.4. The van der Waals surface area contributed by atoms with Gasteiger partial charge in [-0.2, -0.15) is 0 Å². The Morgan fingerprint density at radius 3 is 2.28 bits per heavy atom. The van der Waals surface area contributed by atoms with Crippen LogP contribution < -0.4 is 26.0 Å². The van der Waals surface area contributed by atoms with Gasteiger partial charge in [0.2, 0.25) is 5.91 Å².